The van der Waals surface area contributed by atoms with Crippen molar-refractivity contribution in [3.05, 3.63) is 47.0 Å². The number of carbonyl (C=O) groups is 1. The molecule has 1 amide bonds. The van der Waals surface area contributed by atoms with Crippen molar-refractivity contribution in [2.75, 3.05) is 14.1 Å². The highest BCUT2D eigenvalue weighted by atomic mass is 19.1. The Labute approximate surface area is 123 Å². The van der Waals surface area contributed by atoms with Gasteiger partial charge in [0, 0.05) is 26.3 Å². The summed E-state index contributed by atoms with van der Waals surface area (Å²) in [4.78, 5) is 13.3. The van der Waals surface area contributed by atoms with Gasteiger partial charge in [-0.05, 0) is 43.2 Å². The number of benzene rings is 1. The number of rotatable bonds is 3. The van der Waals surface area contributed by atoms with E-state index in [-0.39, 0.29) is 17.8 Å². The quantitative estimate of drug-likeness (QED) is 0.941. The van der Waals surface area contributed by atoms with Crippen LogP contribution < -0.4 is 5.73 Å². The summed E-state index contributed by atoms with van der Waals surface area (Å²) in [7, 11) is 3.33. The van der Waals surface area contributed by atoms with Crippen LogP contribution in [0.3, 0.4) is 0 Å². The molecule has 2 N–H and O–H groups in total. The Bertz CT molecular complexity index is 676. The number of hydrogen-bond acceptors (Lipinski definition) is 3. The standard InChI is InChI=1S/C15H19FN4O/c1-9-7-14(11(10(2)17)8-12(9)16)20-6-5-13(18-20)15(21)19(3)4/h5-8,10H,17H2,1-4H3/t10-/m1/s1. The van der Waals surface area contributed by atoms with E-state index >= 15 is 0 Å². The van der Waals surface area contributed by atoms with Crippen molar-refractivity contribution in [2.24, 2.45) is 5.73 Å². The molecular weight excluding hydrogens is 271 g/mol. The SMILES string of the molecule is Cc1cc(-n2ccc(C(=O)N(C)C)n2)c([C@@H](C)N)cc1F. The molecule has 0 aliphatic carbocycles. The Hall–Kier alpha value is -2.21. The molecule has 1 heterocycles. The summed E-state index contributed by atoms with van der Waals surface area (Å²) in [5.41, 5.74) is 8.06. The topological polar surface area (TPSA) is 64.2 Å². The zero-order valence-corrected chi connectivity index (χ0v) is 12.6. The van der Waals surface area contributed by atoms with Gasteiger partial charge in [-0.2, -0.15) is 5.10 Å². The molecule has 0 spiro atoms. The average molecular weight is 290 g/mol. The first-order chi connectivity index (χ1) is 9.81. The highest BCUT2D eigenvalue weighted by molar-refractivity contribution is 5.91. The third-order valence-electron chi connectivity index (χ3n) is 3.26. The van der Waals surface area contributed by atoms with Gasteiger partial charge in [-0.3, -0.25) is 4.79 Å². The molecule has 6 heteroatoms. The maximum atomic E-state index is 13.7. The predicted molar refractivity (Wildman–Crippen MR) is 78.9 cm³/mol. The van der Waals surface area contributed by atoms with Gasteiger partial charge in [-0.25, -0.2) is 9.07 Å². The lowest BCUT2D eigenvalue weighted by atomic mass is 10.0. The van der Waals surface area contributed by atoms with Crippen LogP contribution in [0.15, 0.2) is 24.4 Å². The molecule has 0 fully saturated rings. The number of aryl methyl sites for hydroxylation is 1. The fourth-order valence-electron chi connectivity index (χ4n) is 2.05. The monoisotopic (exact) mass is 290 g/mol. The van der Waals surface area contributed by atoms with Crippen LogP contribution in [-0.4, -0.2) is 34.7 Å². The van der Waals surface area contributed by atoms with Crippen LogP contribution in [0, 0.1) is 12.7 Å². The molecule has 1 aromatic carbocycles. The Balaban J connectivity index is 2.52. The molecule has 2 rings (SSSR count). The van der Waals surface area contributed by atoms with Gasteiger partial charge < -0.3 is 10.6 Å². The lowest BCUT2D eigenvalue weighted by molar-refractivity contribution is 0.0821. The first-order valence-electron chi connectivity index (χ1n) is 6.64. The zero-order valence-electron chi connectivity index (χ0n) is 12.6. The first kappa shape index (κ1) is 15.2. The molecule has 2 aromatic rings. The van der Waals surface area contributed by atoms with Gasteiger partial charge in [0.25, 0.3) is 5.91 Å². The Morgan fingerprint density at radius 3 is 2.67 bits per heavy atom. The molecule has 0 bridgehead atoms. The van der Waals surface area contributed by atoms with Crippen LogP contribution in [0.5, 0.6) is 0 Å². The van der Waals surface area contributed by atoms with Gasteiger partial charge in [0.05, 0.1) is 5.69 Å². The van der Waals surface area contributed by atoms with E-state index in [0.717, 1.165) is 0 Å². The molecular formula is C15H19FN4O. The van der Waals surface area contributed by atoms with E-state index in [1.807, 2.05) is 0 Å². The van der Waals surface area contributed by atoms with Crippen molar-refractivity contribution in [1.82, 2.24) is 14.7 Å². The van der Waals surface area contributed by atoms with Crippen molar-refractivity contribution in [3.8, 4) is 5.69 Å². The van der Waals surface area contributed by atoms with E-state index in [9.17, 15) is 9.18 Å². The van der Waals surface area contributed by atoms with Gasteiger partial charge >= 0.3 is 0 Å². The molecule has 0 unspecified atom stereocenters. The molecule has 1 atom stereocenters. The molecule has 0 aliphatic heterocycles. The highest BCUT2D eigenvalue weighted by Gasteiger charge is 2.16. The van der Waals surface area contributed by atoms with Crippen LogP contribution >= 0.6 is 0 Å². The molecule has 0 radical (unpaired) electrons. The predicted octanol–water partition coefficient (Wildman–Crippen LogP) is 2.04. The number of halogens is 1. The summed E-state index contributed by atoms with van der Waals surface area (Å²) in [6.45, 7) is 3.46. The molecule has 1 aromatic heterocycles. The van der Waals surface area contributed by atoms with Crippen molar-refractivity contribution < 1.29 is 9.18 Å². The van der Waals surface area contributed by atoms with E-state index in [0.29, 0.717) is 22.5 Å². The minimum Gasteiger partial charge on any atom is -0.343 e. The van der Waals surface area contributed by atoms with E-state index in [4.69, 9.17) is 5.73 Å². The minimum absolute atomic E-state index is 0.185. The lowest BCUT2D eigenvalue weighted by Gasteiger charge is -2.14. The van der Waals surface area contributed by atoms with E-state index in [2.05, 4.69) is 5.10 Å². The summed E-state index contributed by atoms with van der Waals surface area (Å²) < 4.78 is 15.3. The van der Waals surface area contributed by atoms with Crippen molar-refractivity contribution in [2.45, 2.75) is 19.9 Å². The smallest absolute Gasteiger partial charge is 0.273 e. The van der Waals surface area contributed by atoms with Crippen molar-refractivity contribution >= 4 is 5.91 Å². The summed E-state index contributed by atoms with van der Waals surface area (Å²) in [6.07, 6.45) is 1.68. The second-order valence-electron chi connectivity index (χ2n) is 5.29. The van der Waals surface area contributed by atoms with Crippen LogP contribution in [0.2, 0.25) is 0 Å². The zero-order chi connectivity index (χ0) is 15.7. The molecule has 5 nitrogen and oxygen atoms in total. The maximum Gasteiger partial charge on any atom is 0.273 e. The molecule has 112 valence electrons. The summed E-state index contributed by atoms with van der Waals surface area (Å²) in [5, 5.41) is 4.26. The molecule has 0 aliphatic rings. The van der Waals surface area contributed by atoms with Crippen molar-refractivity contribution in [3.63, 3.8) is 0 Å². The fraction of sp³-hybridized carbons (Fsp3) is 0.333. The highest BCUT2D eigenvalue weighted by Crippen LogP contribution is 2.23. The van der Waals surface area contributed by atoms with Gasteiger partial charge in [0.15, 0.2) is 5.69 Å². The van der Waals surface area contributed by atoms with Gasteiger partial charge in [0.1, 0.15) is 5.82 Å². The van der Waals surface area contributed by atoms with Crippen LogP contribution in [-0.2, 0) is 0 Å². The second kappa shape index (κ2) is 5.65. The molecule has 0 saturated carbocycles. The third-order valence-corrected chi connectivity index (χ3v) is 3.26. The van der Waals surface area contributed by atoms with Gasteiger partial charge in [-0.1, -0.05) is 0 Å². The van der Waals surface area contributed by atoms with Crippen molar-refractivity contribution in [1.29, 1.82) is 0 Å². The van der Waals surface area contributed by atoms with E-state index in [1.54, 1.807) is 51.0 Å². The summed E-state index contributed by atoms with van der Waals surface area (Å²) >= 11 is 0. The largest absolute Gasteiger partial charge is 0.343 e. The van der Waals surface area contributed by atoms with Crippen LogP contribution in [0.1, 0.15) is 34.6 Å². The van der Waals surface area contributed by atoms with Crippen LogP contribution in [0.25, 0.3) is 5.69 Å². The number of amides is 1. The lowest BCUT2D eigenvalue weighted by Crippen LogP contribution is -2.22. The molecule has 21 heavy (non-hydrogen) atoms. The third kappa shape index (κ3) is 2.95. The number of carbonyl (C=O) groups excluding carboxylic acids is 1. The van der Waals surface area contributed by atoms with Gasteiger partial charge in [0.2, 0.25) is 0 Å². The summed E-state index contributed by atoms with van der Waals surface area (Å²) in [6, 6.07) is 4.40. The number of aromatic nitrogens is 2. The van der Waals surface area contributed by atoms with Gasteiger partial charge in [-0.15, -0.1) is 0 Å². The number of nitrogens with zero attached hydrogens (tertiary/aromatic N) is 3. The Morgan fingerprint density at radius 2 is 2.10 bits per heavy atom. The van der Waals surface area contributed by atoms with E-state index < -0.39 is 0 Å². The Kier molecular flexibility index (Phi) is 4.09. The summed E-state index contributed by atoms with van der Waals surface area (Å²) in [5.74, 6) is -0.488. The minimum atomic E-state index is -0.340. The number of nitrogens with two attached hydrogens (primary N) is 1. The van der Waals surface area contributed by atoms with Crippen LogP contribution in [0.4, 0.5) is 4.39 Å². The normalized spacial score (nSPS) is 12.3. The molecule has 0 saturated heterocycles. The average Bonchev–Trinajstić information content (AvgIpc) is 2.89. The number of hydrogen-bond donors (Lipinski definition) is 1. The second-order valence-corrected chi connectivity index (χ2v) is 5.29. The maximum absolute atomic E-state index is 13.7. The first-order valence-corrected chi connectivity index (χ1v) is 6.64. The van der Waals surface area contributed by atoms with E-state index in [1.165, 1.54) is 11.0 Å². The Morgan fingerprint density at radius 1 is 1.43 bits per heavy atom. The fourth-order valence-corrected chi connectivity index (χ4v) is 2.05.